The van der Waals surface area contributed by atoms with Crippen molar-refractivity contribution in [3.05, 3.63) is 35.4 Å². The molecule has 0 radical (unpaired) electrons. The molecule has 2 heterocycles. The van der Waals surface area contributed by atoms with Crippen molar-refractivity contribution in [1.29, 1.82) is 0 Å². The van der Waals surface area contributed by atoms with Gasteiger partial charge in [0.15, 0.2) is 0 Å². The summed E-state index contributed by atoms with van der Waals surface area (Å²) < 4.78 is 5.42. The monoisotopic (exact) mass is 329 g/mol. The molecule has 0 aromatic heterocycles. The van der Waals surface area contributed by atoms with Crippen LogP contribution in [0.25, 0.3) is 0 Å². The lowest BCUT2D eigenvalue weighted by Gasteiger charge is -2.33. The van der Waals surface area contributed by atoms with Crippen molar-refractivity contribution in [3.8, 4) is 0 Å². The first-order chi connectivity index (χ1) is 11.8. The maximum absolute atomic E-state index is 12.8. The van der Waals surface area contributed by atoms with Crippen LogP contribution < -0.4 is 5.32 Å². The standard InChI is InChI=1S/C19H27N3O2/c23-19(20-17-12-15-4-1-2-5-16(15)13-17)22-7-3-6-18(22)14-21-8-10-24-11-9-21/h1-2,4-5,17-18H,3,6-14H2,(H,20,23). The number of morpholine rings is 1. The molecule has 24 heavy (non-hydrogen) atoms. The largest absolute Gasteiger partial charge is 0.379 e. The molecule has 5 heteroatoms. The maximum atomic E-state index is 12.8. The van der Waals surface area contributed by atoms with Crippen molar-refractivity contribution >= 4 is 6.03 Å². The van der Waals surface area contributed by atoms with Crippen LogP contribution >= 0.6 is 0 Å². The Morgan fingerprint density at radius 3 is 2.54 bits per heavy atom. The summed E-state index contributed by atoms with van der Waals surface area (Å²) in [5.74, 6) is 0. The molecular formula is C19H27N3O2. The van der Waals surface area contributed by atoms with Crippen LogP contribution in [-0.4, -0.2) is 67.3 Å². The third kappa shape index (κ3) is 3.42. The lowest BCUT2D eigenvalue weighted by Crippen LogP contribution is -2.51. The second-order valence-corrected chi connectivity index (χ2v) is 7.23. The molecule has 0 spiro atoms. The number of urea groups is 1. The van der Waals surface area contributed by atoms with Crippen LogP contribution in [0.1, 0.15) is 24.0 Å². The molecule has 0 bridgehead atoms. The summed E-state index contributed by atoms with van der Waals surface area (Å²) in [5, 5.41) is 3.28. The van der Waals surface area contributed by atoms with E-state index in [-0.39, 0.29) is 12.1 Å². The number of amides is 2. The van der Waals surface area contributed by atoms with Crippen LogP contribution in [0.5, 0.6) is 0 Å². The first-order valence-electron chi connectivity index (χ1n) is 9.23. The highest BCUT2D eigenvalue weighted by Gasteiger charge is 2.32. The molecular weight excluding hydrogens is 302 g/mol. The SMILES string of the molecule is O=C(NC1Cc2ccccc2C1)N1CCCC1CN1CCOCC1. The number of ether oxygens (including phenoxy) is 1. The molecule has 2 saturated heterocycles. The van der Waals surface area contributed by atoms with E-state index in [1.165, 1.54) is 11.1 Å². The van der Waals surface area contributed by atoms with Gasteiger partial charge in [-0.3, -0.25) is 4.90 Å². The van der Waals surface area contributed by atoms with Gasteiger partial charge in [0.05, 0.1) is 13.2 Å². The van der Waals surface area contributed by atoms with Crippen LogP contribution in [0.2, 0.25) is 0 Å². The predicted molar refractivity (Wildman–Crippen MR) is 93.2 cm³/mol. The molecule has 1 aromatic carbocycles. The van der Waals surface area contributed by atoms with E-state index < -0.39 is 0 Å². The molecule has 1 N–H and O–H groups in total. The van der Waals surface area contributed by atoms with Gasteiger partial charge in [-0.1, -0.05) is 24.3 Å². The molecule has 1 unspecified atom stereocenters. The van der Waals surface area contributed by atoms with Crippen molar-refractivity contribution in [1.82, 2.24) is 15.1 Å². The number of hydrogen-bond acceptors (Lipinski definition) is 3. The number of carbonyl (C=O) groups excluding carboxylic acids is 1. The molecule has 3 aliphatic rings. The minimum absolute atomic E-state index is 0.128. The van der Waals surface area contributed by atoms with Crippen LogP contribution in [0, 0.1) is 0 Å². The predicted octanol–water partition coefficient (Wildman–Crippen LogP) is 1.66. The Hall–Kier alpha value is -1.59. The molecule has 1 aliphatic carbocycles. The van der Waals surface area contributed by atoms with Crippen molar-refractivity contribution in [2.75, 3.05) is 39.4 Å². The lowest BCUT2D eigenvalue weighted by atomic mass is 10.1. The van der Waals surface area contributed by atoms with E-state index in [1.807, 2.05) is 0 Å². The summed E-state index contributed by atoms with van der Waals surface area (Å²) in [4.78, 5) is 17.3. The second-order valence-electron chi connectivity index (χ2n) is 7.23. The number of benzene rings is 1. The van der Waals surface area contributed by atoms with E-state index in [4.69, 9.17) is 4.74 Å². The molecule has 0 saturated carbocycles. The van der Waals surface area contributed by atoms with Crippen molar-refractivity contribution in [2.24, 2.45) is 0 Å². The molecule has 1 aromatic rings. The lowest BCUT2D eigenvalue weighted by molar-refractivity contribution is 0.0291. The Bertz CT molecular complexity index is 561. The van der Waals surface area contributed by atoms with Gasteiger partial charge in [0.2, 0.25) is 0 Å². The van der Waals surface area contributed by atoms with E-state index in [0.717, 1.165) is 65.1 Å². The van der Waals surface area contributed by atoms with Crippen LogP contribution in [0.4, 0.5) is 4.79 Å². The molecule has 4 rings (SSSR count). The number of hydrogen-bond donors (Lipinski definition) is 1. The zero-order valence-electron chi connectivity index (χ0n) is 14.2. The van der Waals surface area contributed by atoms with Gasteiger partial charge in [0.1, 0.15) is 0 Å². The molecule has 130 valence electrons. The van der Waals surface area contributed by atoms with E-state index in [1.54, 1.807) is 0 Å². The van der Waals surface area contributed by atoms with Crippen molar-refractivity contribution in [2.45, 2.75) is 37.8 Å². The van der Waals surface area contributed by atoms with Crippen molar-refractivity contribution < 1.29 is 9.53 Å². The number of likely N-dealkylation sites (tertiary alicyclic amines) is 1. The van der Waals surface area contributed by atoms with Crippen molar-refractivity contribution in [3.63, 3.8) is 0 Å². The highest BCUT2D eigenvalue weighted by molar-refractivity contribution is 5.75. The Morgan fingerprint density at radius 2 is 1.83 bits per heavy atom. The van der Waals surface area contributed by atoms with Crippen LogP contribution in [0.3, 0.4) is 0 Å². The first-order valence-corrected chi connectivity index (χ1v) is 9.23. The Kier molecular flexibility index (Phi) is 4.72. The highest BCUT2D eigenvalue weighted by atomic mass is 16.5. The molecule has 2 fully saturated rings. The van der Waals surface area contributed by atoms with Gasteiger partial charge in [-0.2, -0.15) is 0 Å². The Balaban J connectivity index is 1.32. The summed E-state index contributed by atoms with van der Waals surface area (Å²) in [6, 6.07) is 9.26. The van der Waals surface area contributed by atoms with Gasteiger partial charge in [0.25, 0.3) is 0 Å². The molecule has 1 atom stereocenters. The first kappa shape index (κ1) is 15.9. The number of rotatable bonds is 3. The highest BCUT2D eigenvalue weighted by Crippen LogP contribution is 2.23. The van der Waals surface area contributed by atoms with E-state index in [0.29, 0.717) is 6.04 Å². The minimum atomic E-state index is 0.128. The zero-order valence-corrected chi connectivity index (χ0v) is 14.2. The summed E-state index contributed by atoms with van der Waals surface area (Å²) in [6.45, 7) is 5.49. The number of fused-ring (bicyclic) bond motifs is 1. The summed E-state index contributed by atoms with van der Waals surface area (Å²) in [7, 11) is 0. The quantitative estimate of drug-likeness (QED) is 0.917. The van der Waals surface area contributed by atoms with Gasteiger partial charge in [0, 0.05) is 38.3 Å². The Morgan fingerprint density at radius 1 is 1.12 bits per heavy atom. The average molecular weight is 329 g/mol. The summed E-state index contributed by atoms with van der Waals surface area (Å²) in [6.07, 6.45) is 4.16. The minimum Gasteiger partial charge on any atom is -0.379 e. The third-order valence-corrected chi connectivity index (χ3v) is 5.59. The molecule has 5 nitrogen and oxygen atoms in total. The summed E-state index contributed by atoms with van der Waals surface area (Å²) >= 11 is 0. The van der Waals surface area contributed by atoms with Gasteiger partial charge in [-0.15, -0.1) is 0 Å². The topological polar surface area (TPSA) is 44.8 Å². The van der Waals surface area contributed by atoms with Gasteiger partial charge in [-0.05, 0) is 36.8 Å². The fourth-order valence-corrected chi connectivity index (χ4v) is 4.29. The fraction of sp³-hybridized carbons (Fsp3) is 0.632. The number of nitrogens with zero attached hydrogens (tertiary/aromatic N) is 2. The van der Waals surface area contributed by atoms with Gasteiger partial charge >= 0.3 is 6.03 Å². The van der Waals surface area contributed by atoms with Gasteiger partial charge < -0.3 is 15.0 Å². The Labute approximate surface area is 144 Å². The fourth-order valence-electron chi connectivity index (χ4n) is 4.29. The molecule has 2 amide bonds. The van der Waals surface area contributed by atoms with Crippen LogP contribution in [0.15, 0.2) is 24.3 Å². The molecule has 2 aliphatic heterocycles. The van der Waals surface area contributed by atoms with E-state index in [9.17, 15) is 4.79 Å². The maximum Gasteiger partial charge on any atom is 0.317 e. The van der Waals surface area contributed by atoms with E-state index in [2.05, 4.69) is 39.4 Å². The zero-order chi connectivity index (χ0) is 16.4. The average Bonchev–Trinajstić information content (AvgIpc) is 3.21. The number of nitrogens with one attached hydrogen (secondary N) is 1. The van der Waals surface area contributed by atoms with Gasteiger partial charge in [-0.25, -0.2) is 4.79 Å². The normalized spacial score (nSPS) is 25.0. The second kappa shape index (κ2) is 7.11. The smallest absolute Gasteiger partial charge is 0.317 e. The number of carbonyl (C=O) groups is 1. The summed E-state index contributed by atoms with van der Waals surface area (Å²) in [5.41, 5.74) is 2.77. The van der Waals surface area contributed by atoms with Crippen LogP contribution in [-0.2, 0) is 17.6 Å². The third-order valence-electron chi connectivity index (χ3n) is 5.59. The van der Waals surface area contributed by atoms with E-state index >= 15 is 0 Å².